The second-order valence-corrected chi connectivity index (χ2v) is 8.85. The Bertz CT molecular complexity index is 1080. The Hall–Kier alpha value is -2.85. The van der Waals surface area contributed by atoms with E-state index in [4.69, 9.17) is 18.9 Å². The first kappa shape index (κ1) is 22.9. The van der Waals surface area contributed by atoms with Crippen LogP contribution in [-0.2, 0) is 15.1 Å². The average Bonchev–Trinajstić information content (AvgIpc) is 3.62. The maximum Gasteiger partial charge on any atom is 0.284 e. The number of hydrogen-bond donors (Lipinski definition) is 0. The lowest BCUT2D eigenvalue weighted by molar-refractivity contribution is -0.0608. The molecule has 0 unspecified atom stereocenters. The molecule has 1 aliphatic carbocycles. The molecule has 5 rings (SSSR count). The van der Waals surface area contributed by atoms with Gasteiger partial charge in [-0.05, 0) is 42.7 Å². The van der Waals surface area contributed by atoms with E-state index in [0.717, 1.165) is 0 Å². The fraction of sp³-hybridized carbons (Fsp3) is 0.500. The molecule has 0 bridgehead atoms. The number of hydrogen-bond acceptors (Lipinski definition) is 6. The third kappa shape index (κ3) is 4.20. The lowest BCUT2D eigenvalue weighted by atomic mass is 9.82. The van der Waals surface area contributed by atoms with Crippen molar-refractivity contribution in [2.24, 2.45) is 5.92 Å². The van der Waals surface area contributed by atoms with Crippen molar-refractivity contribution in [2.75, 3.05) is 33.6 Å². The van der Waals surface area contributed by atoms with Gasteiger partial charge in [0.25, 0.3) is 17.7 Å². The molecule has 2 aliphatic heterocycles. The molecule has 3 fully saturated rings. The van der Waals surface area contributed by atoms with E-state index in [9.17, 15) is 18.0 Å². The van der Waals surface area contributed by atoms with Gasteiger partial charge in [0, 0.05) is 18.9 Å². The van der Waals surface area contributed by atoms with E-state index < -0.39 is 30.2 Å². The summed E-state index contributed by atoms with van der Waals surface area (Å²) in [6, 6.07) is 9.05. The minimum atomic E-state index is -2.91. The monoisotopic (exact) mass is 478 g/mol. The highest BCUT2D eigenvalue weighted by atomic mass is 19.3. The number of pyridine rings is 1. The third-order valence-electron chi connectivity index (χ3n) is 6.68. The van der Waals surface area contributed by atoms with Crippen LogP contribution in [0, 0.1) is 11.7 Å². The molecule has 3 aliphatic rings. The van der Waals surface area contributed by atoms with Crippen LogP contribution >= 0.6 is 0 Å². The summed E-state index contributed by atoms with van der Waals surface area (Å²) in [6.07, 6.45) is 0.930. The van der Waals surface area contributed by atoms with Crippen molar-refractivity contribution in [3.63, 3.8) is 0 Å². The van der Waals surface area contributed by atoms with Crippen molar-refractivity contribution < 1.29 is 36.9 Å². The van der Waals surface area contributed by atoms with E-state index in [2.05, 4.69) is 4.98 Å². The number of piperidine rings is 1. The highest BCUT2D eigenvalue weighted by Gasteiger charge is 2.51. The Morgan fingerprint density at radius 2 is 2.12 bits per heavy atom. The molecule has 1 saturated carbocycles. The van der Waals surface area contributed by atoms with Gasteiger partial charge in [0.1, 0.15) is 30.0 Å². The van der Waals surface area contributed by atoms with E-state index in [1.807, 2.05) is 0 Å². The second kappa shape index (κ2) is 8.74. The highest BCUT2D eigenvalue weighted by molar-refractivity contribution is 5.92. The molecule has 34 heavy (non-hydrogen) atoms. The molecule has 3 heterocycles. The zero-order chi connectivity index (χ0) is 23.9. The number of rotatable bonds is 7. The van der Waals surface area contributed by atoms with E-state index in [1.54, 1.807) is 17.0 Å². The number of ether oxygens (including phenoxy) is 4. The minimum Gasteiger partial charge on any atom is -0.482 e. The van der Waals surface area contributed by atoms with E-state index in [0.29, 0.717) is 31.4 Å². The average molecular weight is 478 g/mol. The molecular formula is C24H25F3N2O5. The fourth-order valence-corrected chi connectivity index (χ4v) is 4.59. The summed E-state index contributed by atoms with van der Waals surface area (Å²) in [6.45, 7) is -0.153. The summed E-state index contributed by atoms with van der Waals surface area (Å²) < 4.78 is 63.9. The zero-order valence-corrected chi connectivity index (χ0v) is 18.6. The number of benzene rings is 1. The molecule has 0 radical (unpaired) electrons. The first-order chi connectivity index (χ1) is 16.3. The number of nitrogens with zero attached hydrogens (tertiary/aromatic N) is 2. The lowest BCUT2D eigenvalue weighted by Gasteiger charge is -2.41. The number of halogens is 3. The number of methoxy groups -OCH3 is 1. The number of carbonyl (C=O) groups is 1. The molecule has 182 valence electrons. The van der Waals surface area contributed by atoms with Crippen molar-refractivity contribution in [1.29, 1.82) is 0 Å². The van der Waals surface area contributed by atoms with Gasteiger partial charge in [0.05, 0.1) is 13.7 Å². The predicted molar refractivity (Wildman–Crippen MR) is 113 cm³/mol. The Morgan fingerprint density at radius 1 is 1.29 bits per heavy atom. The van der Waals surface area contributed by atoms with Gasteiger partial charge in [0.15, 0.2) is 12.4 Å². The van der Waals surface area contributed by atoms with Crippen molar-refractivity contribution in [3.8, 4) is 11.6 Å². The molecule has 0 spiro atoms. The Labute approximate surface area is 194 Å². The molecule has 1 aromatic heterocycles. The van der Waals surface area contributed by atoms with Crippen LogP contribution < -0.4 is 9.47 Å². The van der Waals surface area contributed by atoms with Crippen LogP contribution in [0.3, 0.4) is 0 Å². The Morgan fingerprint density at radius 3 is 2.85 bits per heavy atom. The predicted octanol–water partition coefficient (Wildman–Crippen LogP) is 3.77. The van der Waals surface area contributed by atoms with Crippen molar-refractivity contribution in [2.45, 2.75) is 36.9 Å². The highest BCUT2D eigenvalue weighted by Crippen LogP contribution is 2.44. The maximum absolute atomic E-state index is 14.0. The summed E-state index contributed by atoms with van der Waals surface area (Å²) in [4.78, 5) is 18.9. The van der Waals surface area contributed by atoms with Gasteiger partial charge in [-0.2, -0.15) is 0 Å². The molecule has 1 amide bonds. The number of alkyl halides is 2. The van der Waals surface area contributed by atoms with Gasteiger partial charge in [-0.1, -0.05) is 12.1 Å². The SMILES string of the molecule is COc1nc(C(=O)N2CC[C@]3(c4cccc(F)c4)OCO[C@@H]3C2)ccc1OCC(F)(F)C1CC1. The smallest absolute Gasteiger partial charge is 0.284 e. The molecule has 2 aromatic rings. The molecular weight excluding hydrogens is 453 g/mol. The van der Waals surface area contributed by atoms with Crippen LogP contribution in [0.5, 0.6) is 11.6 Å². The van der Waals surface area contributed by atoms with Gasteiger partial charge < -0.3 is 23.8 Å². The van der Waals surface area contributed by atoms with Crippen LogP contribution in [0.1, 0.15) is 35.3 Å². The normalized spacial score (nSPS) is 24.6. The van der Waals surface area contributed by atoms with E-state index in [-0.39, 0.29) is 42.4 Å². The van der Waals surface area contributed by atoms with Crippen molar-refractivity contribution in [1.82, 2.24) is 9.88 Å². The fourth-order valence-electron chi connectivity index (χ4n) is 4.59. The number of aromatic nitrogens is 1. The first-order valence-corrected chi connectivity index (χ1v) is 11.2. The van der Waals surface area contributed by atoms with Crippen LogP contribution in [0.2, 0.25) is 0 Å². The summed E-state index contributed by atoms with van der Waals surface area (Å²) >= 11 is 0. The summed E-state index contributed by atoms with van der Waals surface area (Å²) in [5.74, 6) is -4.28. The van der Waals surface area contributed by atoms with Gasteiger partial charge >= 0.3 is 0 Å². The van der Waals surface area contributed by atoms with Gasteiger partial charge in [-0.15, -0.1) is 0 Å². The molecule has 10 heteroatoms. The zero-order valence-electron chi connectivity index (χ0n) is 18.6. The standard InChI is InChI=1S/C24H25F3N2O5/c1-31-21-19(32-13-24(26,27)15-5-6-15)8-7-18(28-21)22(30)29-10-9-23(20(12-29)33-14-34-23)16-3-2-4-17(25)11-16/h2-4,7-8,11,15,20H,5-6,9-10,12-14H2,1H3/t20-,23-/m1/s1. The third-order valence-corrected chi connectivity index (χ3v) is 6.68. The number of fused-ring (bicyclic) bond motifs is 1. The lowest BCUT2D eigenvalue weighted by Crippen LogP contribution is -2.53. The summed E-state index contributed by atoms with van der Waals surface area (Å²) in [5, 5.41) is 0. The van der Waals surface area contributed by atoms with E-state index in [1.165, 1.54) is 31.4 Å². The molecule has 7 nitrogen and oxygen atoms in total. The largest absolute Gasteiger partial charge is 0.482 e. The quantitative estimate of drug-likeness (QED) is 0.604. The minimum absolute atomic E-state index is 0.0380. The second-order valence-electron chi connectivity index (χ2n) is 8.85. The molecule has 2 atom stereocenters. The number of likely N-dealkylation sites (tertiary alicyclic amines) is 1. The van der Waals surface area contributed by atoms with Gasteiger partial charge in [-0.25, -0.2) is 18.2 Å². The maximum atomic E-state index is 14.0. The topological polar surface area (TPSA) is 70.1 Å². The van der Waals surface area contributed by atoms with Crippen molar-refractivity contribution in [3.05, 3.63) is 53.5 Å². The molecule has 1 aromatic carbocycles. The van der Waals surface area contributed by atoms with Crippen LogP contribution in [-0.4, -0.2) is 61.4 Å². The Kier molecular flexibility index (Phi) is 5.89. The van der Waals surface area contributed by atoms with E-state index >= 15 is 0 Å². The Balaban J connectivity index is 1.29. The van der Waals surface area contributed by atoms with Gasteiger partial charge in [-0.3, -0.25) is 4.79 Å². The summed E-state index contributed by atoms with van der Waals surface area (Å²) in [7, 11) is 1.33. The van der Waals surface area contributed by atoms with Crippen molar-refractivity contribution >= 4 is 5.91 Å². The van der Waals surface area contributed by atoms with Gasteiger partial charge in [0.2, 0.25) is 0 Å². The van der Waals surface area contributed by atoms with Crippen LogP contribution in [0.15, 0.2) is 36.4 Å². The first-order valence-electron chi connectivity index (χ1n) is 11.2. The molecule has 2 saturated heterocycles. The van der Waals surface area contributed by atoms with Crippen LogP contribution in [0.25, 0.3) is 0 Å². The summed E-state index contributed by atoms with van der Waals surface area (Å²) in [5.41, 5.74) is -0.0594. The number of amides is 1. The molecule has 0 N–H and O–H groups in total. The van der Waals surface area contributed by atoms with Crippen LogP contribution in [0.4, 0.5) is 13.2 Å². The number of carbonyl (C=O) groups excluding carboxylic acids is 1.